The van der Waals surface area contributed by atoms with Crippen molar-refractivity contribution in [3.05, 3.63) is 18.2 Å². The highest BCUT2D eigenvalue weighted by Crippen LogP contribution is 2.35. The number of carbonyl (C=O) groups excluding carboxylic acids is 2. The van der Waals surface area contributed by atoms with Crippen molar-refractivity contribution >= 4 is 17.6 Å². The van der Waals surface area contributed by atoms with Gasteiger partial charge in [-0.2, -0.15) is 0 Å². The summed E-state index contributed by atoms with van der Waals surface area (Å²) in [5, 5.41) is 5.69. The fourth-order valence-corrected chi connectivity index (χ4v) is 3.50. The molecule has 0 bridgehead atoms. The lowest BCUT2D eigenvalue weighted by atomic mass is 10.2. The summed E-state index contributed by atoms with van der Waals surface area (Å²) in [6, 6.07) is 4.98. The van der Waals surface area contributed by atoms with Gasteiger partial charge in [0.05, 0.1) is 12.1 Å². The maximum absolute atomic E-state index is 12.4. The molecule has 3 aliphatic rings. The van der Waals surface area contributed by atoms with Crippen molar-refractivity contribution in [3.63, 3.8) is 0 Å². The lowest BCUT2D eigenvalue weighted by Crippen LogP contribution is -2.45. The van der Waals surface area contributed by atoms with Gasteiger partial charge in [0, 0.05) is 37.9 Å². The van der Waals surface area contributed by atoms with E-state index in [0.29, 0.717) is 37.8 Å². The normalized spacial score (nSPS) is 24.6. The van der Waals surface area contributed by atoms with Crippen LogP contribution in [0.2, 0.25) is 0 Å². The van der Waals surface area contributed by atoms with E-state index in [1.165, 1.54) is 0 Å². The topological polar surface area (TPSA) is 89.1 Å². The molecule has 2 atom stereocenters. The van der Waals surface area contributed by atoms with Gasteiger partial charge in [0.2, 0.25) is 5.91 Å². The molecule has 3 aliphatic heterocycles. The second kappa shape index (κ2) is 7.41. The second-order valence-corrected chi connectivity index (χ2v) is 6.72. The van der Waals surface area contributed by atoms with Crippen LogP contribution in [0.4, 0.5) is 10.5 Å². The molecule has 2 fully saturated rings. The third kappa shape index (κ3) is 3.70. The van der Waals surface area contributed by atoms with E-state index in [0.717, 1.165) is 25.1 Å². The molecule has 3 heterocycles. The van der Waals surface area contributed by atoms with Gasteiger partial charge in [0.25, 0.3) is 0 Å². The van der Waals surface area contributed by atoms with Crippen molar-refractivity contribution < 1.29 is 23.8 Å². The molecule has 3 amide bonds. The van der Waals surface area contributed by atoms with Gasteiger partial charge in [-0.1, -0.05) is 0 Å². The first-order chi connectivity index (χ1) is 12.7. The minimum absolute atomic E-state index is 0.0221. The average Bonchev–Trinajstić information content (AvgIpc) is 3.29. The van der Waals surface area contributed by atoms with Gasteiger partial charge in [0.15, 0.2) is 11.5 Å². The fraction of sp³-hybridized carbons (Fsp3) is 0.556. The van der Waals surface area contributed by atoms with Crippen LogP contribution in [0.5, 0.6) is 11.5 Å². The van der Waals surface area contributed by atoms with Gasteiger partial charge in [-0.3, -0.25) is 4.79 Å². The van der Waals surface area contributed by atoms with Crippen LogP contribution in [-0.4, -0.2) is 57.0 Å². The van der Waals surface area contributed by atoms with E-state index in [-0.39, 0.29) is 30.5 Å². The molecule has 0 aliphatic carbocycles. The molecular weight excluding hydrogens is 338 g/mol. The summed E-state index contributed by atoms with van der Waals surface area (Å²) in [7, 11) is 0. The number of ether oxygens (including phenoxy) is 3. The molecule has 8 nitrogen and oxygen atoms in total. The molecular formula is C18H23N3O5. The summed E-state index contributed by atoms with van der Waals surface area (Å²) in [5.74, 6) is 1.31. The monoisotopic (exact) mass is 361 g/mol. The van der Waals surface area contributed by atoms with Crippen molar-refractivity contribution in [1.82, 2.24) is 10.6 Å². The van der Waals surface area contributed by atoms with E-state index < -0.39 is 0 Å². The Bertz CT molecular complexity index is 689. The Morgan fingerprint density at radius 3 is 2.85 bits per heavy atom. The quantitative estimate of drug-likeness (QED) is 0.837. The van der Waals surface area contributed by atoms with Gasteiger partial charge in [-0.25, -0.2) is 4.79 Å². The lowest BCUT2D eigenvalue weighted by Gasteiger charge is -2.22. The molecule has 0 spiro atoms. The first-order valence-corrected chi connectivity index (χ1v) is 9.05. The fourth-order valence-electron chi connectivity index (χ4n) is 3.50. The number of fused-ring (bicyclic) bond motifs is 1. The SMILES string of the molecule is O=C(NC[C@H]1CCCO1)N[C@@H]1CC(=O)N(c2ccc3c(c2)OCCO3)C1. The van der Waals surface area contributed by atoms with Gasteiger partial charge in [0.1, 0.15) is 13.2 Å². The van der Waals surface area contributed by atoms with Crippen molar-refractivity contribution in [3.8, 4) is 11.5 Å². The van der Waals surface area contributed by atoms with Crippen LogP contribution in [0, 0.1) is 0 Å². The number of nitrogens with one attached hydrogen (secondary N) is 2. The molecule has 2 N–H and O–H groups in total. The molecule has 0 radical (unpaired) electrons. The molecule has 4 rings (SSSR count). The Morgan fingerprint density at radius 2 is 2.04 bits per heavy atom. The highest BCUT2D eigenvalue weighted by atomic mass is 16.6. The van der Waals surface area contributed by atoms with Gasteiger partial charge in [-0.05, 0) is 25.0 Å². The Balaban J connectivity index is 1.32. The summed E-state index contributed by atoms with van der Waals surface area (Å²) in [6.45, 7) is 2.72. The molecule has 26 heavy (non-hydrogen) atoms. The van der Waals surface area contributed by atoms with Crippen LogP contribution >= 0.6 is 0 Å². The Labute approximate surface area is 151 Å². The molecule has 1 aromatic carbocycles. The zero-order chi connectivity index (χ0) is 17.9. The number of anilines is 1. The summed E-state index contributed by atoms with van der Waals surface area (Å²) in [6.07, 6.45) is 2.39. The van der Waals surface area contributed by atoms with Gasteiger partial charge >= 0.3 is 6.03 Å². The van der Waals surface area contributed by atoms with Crippen LogP contribution in [0.1, 0.15) is 19.3 Å². The van der Waals surface area contributed by atoms with Crippen LogP contribution in [0.25, 0.3) is 0 Å². The van der Waals surface area contributed by atoms with E-state index in [2.05, 4.69) is 10.6 Å². The number of nitrogens with zero attached hydrogens (tertiary/aromatic N) is 1. The number of hydrogen-bond donors (Lipinski definition) is 2. The predicted octanol–water partition coefficient (Wildman–Crippen LogP) is 1.04. The number of amides is 3. The first kappa shape index (κ1) is 17.0. The van der Waals surface area contributed by atoms with Gasteiger partial charge in [-0.15, -0.1) is 0 Å². The van der Waals surface area contributed by atoms with Crippen molar-refractivity contribution in [1.29, 1.82) is 0 Å². The third-order valence-electron chi connectivity index (χ3n) is 4.81. The molecule has 0 saturated carbocycles. The zero-order valence-corrected chi connectivity index (χ0v) is 14.5. The Kier molecular flexibility index (Phi) is 4.83. The molecule has 2 saturated heterocycles. The van der Waals surface area contributed by atoms with E-state index in [4.69, 9.17) is 14.2 Å². The molecule has 0 unspecified atom stereocenters. The van der Waals surface area contributed by atoms with Crippen LogP contribution in [0.3, 0.4) is 0 Å². The van der Waals surface area contributed by atoms with E-state index >= 15 is 0 Å². The van der Waals surface area contributed by atoms with E-state index in [9.17, 15) is 9.59 Å². The van der Waals surface area contributed by atoms with Gasteiger partial charge < -0.3 is 29.7 Å². The number of rotatable bonds is 4. The Hall–Kier alpha value is -2.48. The van der Waals surface area contributed by atoms with Crippen molar-refractivity contribution in [2.24, 2.45) is 0 Å². The number of carbonyl (C=O) groups is 2. The Morgan fingerprint density at radius 1 is 1.19 bits per heavy atom. The minimum Gasteiger partial charge on any atom is -0.486 e. The number of urea groups is 1. The smallest absolute Gasteiger partial charge is 0.315 e. The summed E-state index contributed by atoms with van der Waals surface area (Å²) in [5.41, 5.74) is 0.753. The summed E-state index contributed by atoms with van der Waals surface area (Å²) < 4.78 is 16.6. The highest BCUT2D eigenvalue weighted by molar-refractivity contribution is 5.97. The van der Waals surface area contributed by atoms with Crippen molar-refractivity contribution in [2.75, 3.05) is 37.8 Å². The largest absolute Gasteiger partial charge is 0.486 e. The molecule has 1 aromatic rings. The second-order valence-electron chi connectivity index (χ2n) is 6.72. The molecule has 140 valence electrons. The third-order valence-corrected chi connectivity index (χ3v) is 4.81. The van der Waals surface area contributed by atoms with Crippen LogP contribution < -0.4 is 25.0 Å². The maximum Gasteiger partial charge on any atom is 0.315 e. The number of benzene rings is 1. The van der Waals surface area contributed by atoms with E-state index in [1.54, 1.807) is 4.90 Å². The van der Waals surface area contributed by atoms with E-state index in [1.807, 2.05) is 18.2 Å². The number of hydrogen-bond acceptors (Lipinski definition) is 5. The zero-order valence-electron chi connectivity index (χ0n) is 14.5. The maximum atomic E-state index is 12.4. The van der Waals surface area contributed by atoms with Crippen LogP contribution in [0.15, 0.2) is 18.2 Å². The predicted molar refractivity (Wildman–Crippen MR) is 93.7 cm³/mol. The molecule has 8 heteroatoms. The molecule has 0 aromatic heterocycles. The average molecular weight is 361 g/mol. The van der Waals surface area contributed by atoms with Crippen LogP contribution in [-0.2, 0) is 9.53 Å². The lowest BCUT2D eigenvalue weighted by molar-refractivity contribution is -0.117. The summed E-state index contributed by atoms with van der Waals surface area (Å²) in [4.78, 5) is 26.1. The summed E-state index contributed by atoms with van der Waals surface area (Å²) >= 11 is 0. The highest BCUT2D eigenvalue weighted by Gasteiger charge is 2.32. The first-order valence-electron chi connectivity index (χ1n) is 9.05. The van der Waals surface area contributed by atoms with Crippen molar-refractivity contribution in [2.45, 2.75) is 31.4 Å². The standard InChI is InChI=1S/C18H23N3O5/c22-17-8-12(20-18(23)19-10-14-2-1-5-24-14)11-21(17)13-3-4-15-16(9-13)26-7-6-25-15/h3-4,9,12,14H,1-2,5-8,10-11H2,(H2,19,20,23)/t12-,14-/m1/s1. The minimum atomic E-state index is -0.262.